The van der Waals surface area contributed by atoms with Crippen LogP contribution in [0.2, 0.25) is 0 Å². The summed E-state index contributed by atoms with van der Waals surface area (Å²) in [6.45, 7) is 3.48. The van der Waals surface area contributed by atoms with E-state index in [1.807, 2.05) is 12.1 Å². The van der Waals surface area contributed by atoms with Gasteiger partial charge in [0.2, 0.25) is 11.9 Å². The van der Waals surface area contributed by atoms with E-state index < -0.39 is 11.9 Å². The molecule has 3 amide bonds. The topological polar surface area (TPSA) is 130 Å². The van der Waals surface area contributed by atoms with E-state index in [0.29, 0.717) is 35.7 Å². The summed E-state index contributed by atoms with van der Waals surface area (Å²) in [4.78, 5) is 32.7. The Bertz CT molecular complexity index is 1480. The third kappa shape index (κ3) is 3.70. The van der Waals surface area contributed by atoms with Crippen LogP contribution in [0.4, 0.5) is 16.7 Å². The summed E-state index contributed by atoms with van der Waals surface area (Å²) in [6.07, 6.45) is 5.33. The van der Waals surface area contributed by atoms with E-state index in [-0.39, 0.29) is 5.70 Å². The molecule has 2 aliphatic rings. The lowest BCUT2D eigenvalue weighted by Gasteiger charge is -2.12. The van der Waals surface area contributed by atoms with Crippen molar-refractivity contribution in [2.45, 2.75) is 32.4 Å². The molecule has 172 valence electrons. The molecule has 6 rings (SSSR count). The lowest BCUT2D eigenvalue weighted by Crippen LogP contribution is -2.22. The van der Waals surface area contributed by atoms with Crippen molar-refractivity contribution in [2.75, 3.05) is 17.2 Å². The number of carbonyl (C=O) groups excluding carboxylic acids is 2. The molecule has 1 aromatic carbocycles. The highest BCUT2D eigenvalue weighted by Crippen LogP contribution is 2.26. The Labute approximate surface area is 194 Å². The Hall–Kier alpha value is -4.41. The first-order valence-electron chi connectivity index (χ1n) is 11.2. The summed E-state index contributed by atoms with van der Waals surface area (Å²) in [5.74, 6) is 0.564. The monoisotopic (exact) mass is 457 g/mol. The molecule has 34 heavy (non-hydrogen) atoms. The first kappa shape index (κ1) is 20.2. The van der Waals surface area contributed by atoms with E-state index in [0.717, 1.165) is 19.4 Å². The van der Waals surface area contributed by atoms with Crippen LogP contribution in [0.15, 0.2) is 42.2 Å². The number of nitrogens with zero attached hydrogens (tertiary/aromatic N) is 5. The van der Waals surface area contributed by atoms with E-state index in [9.17, 15) is 9.59 Å². The summed E-state index contributed by atoms with van der Waals surface area (Å²) in [5, 5.41) is 17.0. The van der Waals surface area contributed by atoms with Crippen LogP contribution in [-0.4, -0.2) is 48.7 Å². The standard InChI is InChI=1S/C23H23N9O2/c1-13-10-14-4-2-3-5-18(14)31(13)9-8-24-21-28-19-15(11-17-20(33)29-23(34)27-17)12-25-32(19)22(30-21)26-16-6-7-16/h2-5,10-12,16H,6-9H2,1H3,(H2,24,26,28,30)(H2,27,29,33,34)/b17-11-. The maximum absolute atomic E-state index is 12.0. The summed E-state index contributed by atoms with van der Waals surface area (Å²) >= 11 is 0. The number of para-hydroxylation sites is 1. The second-order valence-corrected chi connectivity index (χ2v) is 8.51. The number of hydrogen-bond donors (Lipinski definition) is 4. The second kappa shape index (κ2) is 7.87. The lowest BCUT2D eigenvalue weighted by atomic mass is 10.2. The fourth-order valence-corrected chi connectivity index (χ4v) is 4.14. The number of urea groups is 1. The van der Waals surface area contributed by atoms with Crippen LogP contribution >= 0.6 is 0 Å². The highest BCUT2D eigenvalue weighted by molar-refractivity contribution is 6.14. The molecular weight excluding hydrogens is 434 g/mol. The number of carbonyl (C=O) groups is 2. The van der Waals surface area contributed by atoms with Crippen LogP contribution < -0.4 is 21.3 Å². The van der Waals surface area contributed by atoms with Gasteiger partial charge in [-0.05, 0) is 43.4 Å². The van der Waals surface area contributed by atoms with Crippen molar-refractivity contribution < 1.29 is 9.59 Å². The zero-order valence-electron chi connectivity index (χ0n) is 18.5. The normalized spacial score (nSPS) is 16.9. The van der Waals surface area contributed by atoms with Crippen molar-refractivity contribution in [1.82, 2.24) is 34.8 Å². The SMILES string of the molecule is Cc1cc2ccccc2n1CCNc1nc(NC2CC2)n2ncc(/C=C3\NC(=O)NC3=O)c2n1. The molecule has 11 heteroatoms. The number of aromatic nitrogens is 5. The van der Waals surface area contributed by atoms with E-state index >= 15 is 0 Å². The van der Waals surface area contributed by atoms with Gasteiger partial charge in [0.1, 0.15) is 5.70 Å². The van der Waals surface area contributed by atoms with Gasteiger partial charge < -0.3 is 20.5 Å². The van der Waals surface area contributed by atoms with Crippen LogP contribution in [0.3, 0.4) is 0 Å². The predicted molar refractivity (Wildman–Crippen MR) is 127 cm³/mol. The molecule has 0 bridgehead atoms. The maximum Gasteiger partial charge on any atom is 0.326 e. The molecule has 0 radical (unpaired) electrons. The molecule has 3 aromatic heterocycles. The number of aryl methyl sites for hydroxylation is 1. The smallest absolute Gasteiger partial charge is 0.326 e. The van der Waals surface area contributed by atoms with Crippen molar-refractivity contribution in [3.05, 3.63) is 53.5 Å². The quantitative estimate of drug-likeness (QED) is 0.247. The molecule has 0 unspecified atom stereocenters. The summed E-state index contributed by atoms with van der Waals surface area (Å²) in [5.41, 5.74) is 3.67. The zero-order valence-corrected chi connectivity index (χ0v) is 18.5. The van der Waals surface area contributed by atoms with Crippen molar-refractivity contribution in [2.24, 2.45) is 0 Å². The van der Waals surface area contributed by atoms with Crippen molar-refractivity contribution in [3.8, 4) is 0 Å². The largest absolute Gasteiger partial charge is 0.352 e. The molecule has 4 aromatic rings. The number of hydrogen-bond acceptors (Lipinski definition) is 7. The van der Waals surface area contributed by atoms with Crippen molar-refractivity contribution in [1.29, 1.82) is 0 Å². The van der Waals surface area contributed by atoms with Gasteiger partial charge in [0, 0.05) is 35.9 Å². The Morgan fingerprint density at radius 1 is 1.18 bits per heavy atom. The summed E-state index contributed by atoms with van der Waals surface area (Å²) < 4.78 is 3.88. The van der Waals surface area contributed by atoms with Gasteiger partial charge in [-0.25, -0.2) is 4.79 Å². The molecular formula is C23H23N9O2. The number of rotatable bonds is 7. The fourth-order valence-electron chi connectivity index (χ4n) is 4.14. The third-order valence-electron chi connectivity index (χ3n) is 5.96. The summed E-state index contributed by atoms with van der Waals surface area (Å²) in [6, 6.07) is 10.3. The minimum Gasteiger partial charge on any atom is -0.352 e. The molecule has 1 aliphatic heterocycles. The van der Waals surface area contributed by atoms with Crippen molar-refractivity contribution in [3.63, 3.8) is 0 Å². The minimum absolute atomic E-state index is 0.152. The molecule has 4 heterocycles. The Balaban J connectivity index is 1.29. The van der Waals surface area contributed by atoms with Crippen LogP contribution in [0.5, 0.6) is 0 Å². The predicted octanol–water partition coefficient (Wildman–Crippen LogP) is 2.25. The highest BCUT2D eigenvalue weighted by atomic mass is 16.2. The second-order valence-electron chi connectivity index (χ2n) is 8.51. The van der Waals surface area contributed by atoms with E-state index in [1.165, 1.54) is 16.6 Å². The lowest BCUT2D eigenvalue weighted by molar-refractivity contribution is -0.115. The molecule has 2 fully saturated rings. The molecule has 4 N–H and O–H groups in total. The number of benzene rings is 1. The van der Waals surface area contributed by atoms with Gasteiger partial charge in [0.25, 0.3) is 5.91 Å². The molecule has 1 saturated heterocycles. The average Bonchev–Trinajstić information content (AvgIpc) is 3.32. The highest BCUT2D eigenvalue weighted by Gasteiger charge is 2.26. The molecule has 0 atom stereocenters. The Morgan fingerprint density at radius 2 is 2.03 bits per heavy atom. The molecule has 1 aliphatic carbocycles. The van der Waals surface area contributed by atoms with Crippen LogP contribution in [0.25, 0.3) is 22.6 Å². The van der Waals surface area contributed by atoms with Gasteiger partial charge in [-0.15, -0.1) is 0 Å². The van der Waals surface area contributed by atoms with Crippen LogP contribution in [-0.2, 0) is 11.3 Å². The Kier molecular flexibility index (Phi) is 4.68. The number of fused-ring (bicyclic) bond motifs is 2. The van der Waals surface area contributed by atoms with Gasteiger partial charge in [-0.2, -0.15) is 19.6 Å². The van der Waals surface area contributed by atoms with Gasteiger partial charge >= 0.3 is 6.03 Å². The number of amides is 3. The first-order valence-corrected chi connectivity index (χ1v) is 11.2. The van der Waals surface area contributed by atoms with Crippen molar-refractivity contribution >= 4 is 46.5 Å². The fraction of sp³-hybridized carbons (Fsp3) is 0.261. The van der Waals surface area contributed by atoms with E-state index in [2.05, 4.69) is 66.0 Å². The molecule has 0 spiro atoms. The van der Waals surface area contributed by atoms with E-state index in [1.54, 1.807) is 16.8 Å². The van der Waals surface area contributed by atoms with Gasteiger partial charge in [-0.1, -0.05) is 18.2 Å². The average molecular weight is 457 g/mol. The van der Waals surface area contributed by atoms with Crippen LogP contribution in [0.1, 0.15) is 24.1 Å². The van der Waals surface area contributed by atoms with Gasteiger partial charge in [0.05, 0.1) is 6.20 Å². The Morgan fingerprint density at radius 3 is 2.82 bits per heavy atom. The number of imide groups is 1. The molecule has 1 saturated carbocycles. The van der Waals surface area contributed by atoms with Crippen LogP contribution in [0, 0.1) is 6.92 Å². The number of anilines is 2. The molecule has 11 nitrogen and oxygen atoms in total. The van der Waals surface area contributed by atoms with Gasteiger partial charge in [0.15, 0.2) is 5.65 Å². The maximum atomic E-state index is 12.0. The third-order valence-corrected chi connectivity index (χ3v) is 5.96. The summed E-state index contributed by atoms with van der Waals surface area (Å²) in [7, 11) is 0. The first-order chi connectivity index (χ1) is 16.5. The van der Waals surface area contributed by atoms with E-state index in [4.69, 9.17) is 0 Å². The number of nitrogens with one attached hydrogen (secondary N) is 4. The van der Waals surface area contributed by atoms with Gasteiger partial charge in [-0.3, -0.25) is 10.1 Å². The zero-order chi connectivity index (χ0) is 23.2. The minimum atomic E-state index is -0.548.